The van der Waals surface area contributed by atoms with Gasteiger partial charge in [0.2, 0.25) is 0 Å². The minimum absolute atomic E-state index is 0.0289. The van der Waals surface area contributed by atoms with E-state index in [2.05, 4.69) is 10.2 Å². The topological polar surface area (TPSA) is 52.6 Å². The van der Waals surface area contributed by atoms with Gasteiger partial charge in [-0.3, -0.25) is 4.79 Å². The molecule has 0 spiro atoms. The Morgan fingerprint density at radius 1 is 1.47 bits per heavy atom. The molecule has 5 heteroatoms. The van der Waals surface area contributed by atoms with Crippen molar-refractivity contribution in [3.63, 3.8) is 0 Å². The maximum absolute atomic E-state index is 13.5. The predicted octanol–water partition coefficient (Wildman–Crippen LogP) is 1.75. The quantitative estimate of drug-likeness (QED) is 0.873. The molecule has 0 bridgehead atoms. The second-order valence-corrected chi connectivity index (χ2v) is 5.05. The lowest BCUT2D eigenvalue weighted by atomic mass is 10.1. The third-order valence-corrected chi connectivity index (χ3v) is 3.31. The van der Waals surface area contributed by atoms with Gasteiger partial charge < -0.3 is 15.3 Å². The maximum atomic E-state index is 13.5. The molecule has 1 fully saturated rings. The van der Waals surface area contributed by atoms with E-state index in [0.29, 0.717) is 0 Å². The number of phenols is 1. The van der Waals surface area contributed by atoms with E-state index >= 15 is 0 Å². The van der Waals surface area contributed by atoms with E-state index in [4.69, 9.17) is 5.11 Å². The molecule has 1 aliphatic rings. The highest BCUT2D eigenvalue weighted by Gasteiger charge is 2.18. The van der Waals surface area contributed by atoms with E-state index in [1.165, 1.54) is 25.0 Å². The molecular formula is C14H19FN2O2. The summed E-state index contributed by atoms with van der Waals surface area (Å²) in [5.74, 6) is -1.32. The highest BCUT2D eigenvalue weighted by molar-refractivity contribution is 5.94. The zero-order valence-electron chi connectivity index (χ0n) is 11.0. The van der Waals surface area contributed by atoms with Gasteiger partial charge in [-0.1, -0.05) is 0 Å². The van der Waals surface area contributed by atoms with Gasteiger partial charge in [0.15, 0.2) is 0 Å². The van der Waals surface area contributed by atoms with Crippen molar-refractivity contribution in [2.24, 2.45) is 0 Å². The Morgan fingerprint density at radius 3 is 2.79 bits per heavy atom. The molecule has 104 valence electrons. The van der Waals surface area contributed by atoms with Gasteiger partial charge in [0.1, 0.15) is 11.6 Å². The van der Waals surface area contributed by atoms with Crippen LogP contribution in [0.3, 0.4) is 0 Å². The van der Waals surface area contributed by atoms with Crippen molar-refractivity contribution in [1.82, 2.24) is 10.2 Å². The van der Waals surface area contributed by atoms with Gasteiger partial charge in [-0.25, -0.2) is 4.39 Å². The number of phenolic OH excluding ortho intramolecular Hbond substituents is 1. The zero-order valence-corrected chi connectivity index (χ0v) is 11.0. The van der Waals surface area contributed by atoms with Crippen molar-refractivity contribution in [2.45, 2.75) is 25.8 Å². The van der Waals surface area contributed by atoms with Crippen LogP contribution in [0.4, 0.5) is 4.39 Å². The van der Waals surface area contributed by atoms with Crippen LogP contribution in [0.25, 0.3) is 0 Å². The van der Waals surface area contributed by atoms with Gasteiger partial charge in [0, 0.05) is 18.7 Å². The average molecular weight is 266 g/mol. The number of hydrogen-bond acceptors (Lipinski definition) is 3. The summed E-state index contributed by atoms with van der Waals surface area (Å²) in [5, 5.41) is 11.9. The molecule has 1 saturated heterocycles. The van der Waals surface area contributed by atoms with Crippen molar-refractivity contribution in [2.75, 3.05) is 19.6 Å². The Kier molecular flexibility index (Phi) is 4.37. The van der Waals surface area contributed by atoms with Crippen molar-refractivity contribution in [3.05, 3.63) is 29.6 Å². The lowest BCUT2D eigenvalue weighted by Gasteiger charge is -2.21. The Bertz CT molecular complexity index is 459. The summed E-state index contributed by atoms with van der Waals surface area (Å²) in [6.07, 6.45) is 2.40. The molecule has 1 aromatic rings. The van der Waals surface area contributed by atoms with Crippen LogP contribution in [-0.4, -0.2) is 41.6 Å². The Balaban J connectivity index is 1.92. The van der Waals surface area contributed by atoms with Crippen LogP contribution in [0, 0.1) is 5.82 Å². The molecule has 0 radical (unpaired) electrons. The minimum atomic E-state index is -0.703. The smallest absolute Gasteiger partial charge is 0.254 e. The van der Waals surface area contributed by atoms with Gasteiger partial charge >= 0.3 is 0 Å². The van der Waals surface area contributed by atoms with E-state index in [1.807, 2.05) is 6.92 Å². The summed E-state index contributed by atoms with van der Waals surface area (Å²) >= 11 is 0. The first-order chi connectivity index (χ1) is 9.06. The number of rotatable bonds is 4. The van der Waals surface area contributed by atoms with Gasteiger partial charge in [0.25, 0.3) is 5.91 Å². The van der Waals surface area contributed by atoms with Crippen LogP contribution >= 0.6 is 0 Å². The van der Waals surface area contributed by atoms with E-state index in [-0.39, 0.29) is 17.4 Å². The molecule has 2 N–H and O–H groups in total. The van der Waals surface area contributed by atoms with Crippen molar-refractivity contribution in [1.29, 1.82) is 0 Å². The second kappa shape index (κ2) is 6.02. The van der Waals surface area contributed by atoms with Crippen molar-refractivity contribution in [3.8, 4) is 5.75 Å². The first-order valence-electron chi connectivity index (χ1n) is 6.58. The number of carbonyl (C=O) groups excluding carboxylic acids is 1. The number of hydrogen-bond donors (Lipinski definition) is 2. The minimum Gasteiger partial charge on any atom is -0.508 e. The first kappa shape index (κ1) is 13.8. The first-order valence-corrected chi connectivity index (χ1v) is 6.58. The third kappa shape index (κ3) is 3.67. The van der Waals surface area contributed by atoms with E-state index in [9.17, 15) is 9.18 Å². The Morgan fingerprint density at radius 2 is 2.16 bits per heavy atom. The Labute approximate surface area is 112 Å². The fourth-order valence-corrected chi connectivity index (χ4v) is 2.39. The predicted molar refractivity (Wildman–Crippen MR) is 70.7 cm³/mol. The van der Waals surface area contributed by atoms with E-state index in [0.717, 1.165) is 25.7 Å². The fourth-order valence-electron chi connectivity index (χ4n) is 2.39. The highest BCUT2D eigenvalue weighted by atomic mass is 19.1. The van der Waals surface area contributed by atoms with Crippen molar-refractivity contribution < 1.29 is 14.3 Å². The summed E-state index contributed by atoms with van der Waals surface area (Å²) < 4.78 is 13.5. The SMILES string of the molecule is CC(CN1CCCC1)NC(=O)c1ccc(O)cc1F. The largest absolute Gasteiger partial charge is 0.508 e. The molecule has 1 unspecified atom stereocenters. The average Bonchev–Trinajstić information content (AvgIpc) is 2.81. The van der Waals surface area contributed by atoms with E-state index in [1.54, 1.807) is 0 Å². The molecule has 1 aliphatic heterocycles. The van der Waals surface area contributed by atoms with Gasteiger partial charge in [-0.15, -0.1) is 0 Å². The number of carbonyl (C=O) groups is 1. The highest BCUT2D eigenvalue weighted by Crippen LogP contribution is 2.15. The number of nitrogens with zero attached hydrogens (tertiary/aromatic N) is 1. The molecule has 1 heterocycles. The number of aromatic hydroxyl groups is 1. The molecule has 4 nitrogen and oxygen atoms in total. The standard InChI is InChI=1S/C14H19FN2O2/c1-10(9-17-6-2-3-7-17)16-14(19)12-5-4-11(18)8-13(12)15/h4-5,8,10,18H,2-3,6-7,9H2,1H3,(H,16,19). The van der Waals surface area contributed by atoms with Gasteiger partial charge in [0.05, 0.1) is 5.56 Å². The number of nitrogens with one attached hydrogen (secondary N) is 1. The normalized spacial score (nSPS) is 17.4. The second-order valence-electron chi connectivity index (χ2n) is 5.05. The zero-order chi connectivity index (χ0) is 13.8. The summed E-state index contributed by atoms with van der Waals surface area (Å²) in [6, 6.07) is 3.52. The monoisotopic (exact) mass is 266 g/mol. The van der Waals surface area contributed by atoms with E-state index < -0.39 is 11.7 Å². The van der Waals surface area contributed by atoms with Crippen LogP contribution < -0.4 is 5.32 Å². The third-order valence-electron chi connectivity index (χ3n) is 3.31. The number of benzene rings is 1. The van der Waals surface area contributed by atoms with Crippen LogP contribution in [0.2, 0.25) is 0 Å². The summed E-state index contributed by atoms with van der Waals surface area (Å²) in [7, 11) is 0. The van der Waals surface area contributed by atoms with Crippen molar-refractivity contribution >= 4 is 5.91 Å². The van der Waals surface area contributed by atoms with Crippen LogP contribution in [0.1, 0.15) is 30.1 Å². The Hall–Kier alpha value is -1.62. The lowest BCUT2D eigenvalue weighted by Crippen LogP contribution is -2.41. The fraction of sp³-hybridized carbons (Fsp3) is 0.500. The number of likely N-dealkylation sites (tertiary alicyclic amines) is 1. The summed E-state index contributed by atoms with van der Waals surface area (Å²) in [5.41, 5.74) is -0.0360. The summed E-state index contributed by atoms with van der Waals surface area (Å²) in [6.45, 7) is 4.82. The van der Waals surface area contributed by atoms with Gasteiger partial charge in [-0.05, 0) is 45.0 Å². The molecular weight excluding hydrogens is 247 g/mol. The van der Waals surface area contributed by atoms with Crippen LogP contribution in [0.5, 0.6) is 5.75 Å². The maximum Gasteiger partial charge on any atom is 0.254 e. The van der Waals surface area contributed by atoms with Crippen LogP contribution in [0.15, 0.2) is 18.2 Å². The number of amides is 1. The molecule has 19 heavy (non-hydrogen) atoms. The molecule has 1 atom stereocenters. The molecule has 1 aromatic carbocycles. The number of halogens is 1. The lowest BCUT2D eigenvalue weighted by molar-refractivity contribution is 0.0928. The van der Waals surface area contributed by atoms with Crippen LogP contribution in [-0.2, 0) is 0 Å². The molecule has 0 aliphatic carbocycles. The molecule has 1 amide bonds. The van der Waals surface area contributed by atoms with Gasteiger partial charge in [-0.2, -0.15) is 0 Å². The summed E-state index contributed by atoms with van der Waals surface area (Å²) in [4.78, 5) is 14.2. The molecule has 2 rings (SSSR count). The molecule has 0 saturated carbocycles. The molecule has 0 aromatic heterocycles.